The molecule has 106 valence electrons. The van der Waals surface area contributed by atoms with Gasteiger partial charge in [0.2, 0.25) is 10.0 Å². The third-order valence-electron chi connectivity index (χ3n) is 2.93. The van der Waals surface area contributed by atoms with Crippen LogP contribution in [-0.4, -0.2) is 13.4 Å². The van der Waals surface area contributed by atoms with Gasteiger partial charge in [-0.3, -0.25) is 4.98 Å². The summed E-state index contributed by atoms with van der Waals surface area (Å²) in [6.45, 7) is 2.32. The van der Waals surface area contributed by atoms with Crippen LogP contribution in [0.5, 0.6) is 0 Å². The van der Waals surface area contributed by atoms with Crippen molar-refractivity contribution < 1.29 is 8.42 Å². The highest BCUT2D eigenvalue weighted by Crippen LogP contribution is 2.16. The monoisotopic (exact) mass is 291 g/mol. The van der Waals surface area contributed by atoms with E-state index in [1.807, 2.05) is 6.07 Å². The molecule has 2 aromatic rings. The molecule has 1 aromatic heterocycles. The molecule has 1 aromatic carbocycles. The van der Waals surface area contributed by atoms with E-state index in [4.69, 9.17) is 5.73 Å². The zero-order chi connectivity index (χ0) is 14.6. The molecule has 0 aliphatic heterocycles. The number of rotatable bonds is 5. The number of nitrogens with one attached hydrogen (secondary N) is 1. The maximum Gasteiger partial charge on any atom is 0.241 e. The Morgan fingerprint density at radius 2 is 2.05 bits per heavy atom. The van der Waals surface area contributed by atoms with Gasteiger partial charge >= 0.3 is 0 Å². The standard InChI is InChI=1S/C14H17N3O2S/c1-11-8-12(9-15)5-6-14(11)20(18,19)17-10-13-4-2-3-7-16-13/h2-8,17H,9-10,15H2,1H3. The predicted octanol–water partition coefficient (Wildman–Crippen LogP) is 1.33. The summed E-state index contributed by atoms with van der Waals surface area (Å²) in [5.41, 5.74) is 7.80. The first kappa shape index (κ1) is 14.6. The average Bonchev–Trinajstić information content (AvgIpc) is 2.46. The highest BCUT2D eigenvalue weighted by molar-refractivity contribution is 7.89. The molecule has 0 aliphatic carbocycles. The Bertz CT molecular complexity index is 685. The first-order valence-corrected chi connectivity index (χ1v) is 7.70. The summed E-state index contributed by atoms with van der Waals surface area (Å²) < 4.78 is 27.1. The Morgan fingerprint density at radius 1 is 1.25 bits per heavy atom. The van der Waals surface area contributed by atoms with Gasteiger partial charge in [-0.15, -0.1) is 0 Å². The van der Waals surface area contributed by atoms with Gasteiger partial charge in [0, 0.05) is 12.7 Å². The minimum Gasteiger partial charge on any atom is -0.326 e. The predicted molar refractivity (Wildman–Crippen MR) is 77.3 cm³/mol. The van der Waals surface area contributed by atoms with Crippen molar-refractivity contribution in [3.63, 3.8) is 0 Å². The van der Waals surface area contributed by atoms with Gasteiger partial charge in [-0.25, -0.2) is 13.1 Å². The van der Waals surface area contributed by atoms with E-state index in [-0.39, 0.29) is 11.4 Å². The Hall–Kier alpha value is -1.76. The van der Waals surface area contributed by atoms with Crippen molar-refractivity contribution in [2.75, 3.05) is 0 Å². The summed E-state index contributed by atoms with van der Waals surface area (Å²) in [6, 6.07) is 10.5. The van der Waals surface area contributed by atoms with Crippen molar-refractivity contribution in [3.05, 3.63) is 59.4 Å². The zero-order valence-corrected chi connectivity index (χ0v) is 12.0. The van der Waals surface area contributed by atoms with E-state index in [1.54, 1.807) is 43.5 Å². The van der Waals surface area contributed by atoms with Crippen molar-refractivity contribution >= 4 is 10.0 Å². The van der Waals surface area contributed by atoms with E-state index in [0.717, 1.165) is 5.56 Å². The van der Waals surface area contributed by atoms with Crippen LogP contribution in [0.3, 0.4) is 0 Å². The lowest BCUT2D eigenvalue weighted by molar-refractivity contribution is 0.579. The molecular weight excluding hydrogens is 274 g/mol. The molecule has 0 saturated carbocycles. The minimum atomic E-state index is -3.54. The zero-order valence-electron chi connectivity index (χ0n) is 11.2. The van der Waals surface area contributed by atoms with E-state index < -0.39 is 10.0 Å². The van der Waals surface area contributed by atoms with Crippen LogP contribution in [0.4, 0.5) is 0 Å². The third kappa shape index (κ3) is 3.41. The Kier molecular flexibility index (Phi) is 4.49. The molecule has 0 fully saturated rings. The van der Waals surface area contributed by atoms with Crippen molar-refractivity contribution in [2.45, 2.75) is 24.9 Å². The van der Waals surface area contributed by atoms with Gasteiger partial charge in [0.05, 0.1) is 17.1 Å². The number of sulfonamides is 1. The summed E-state index contributed by atoms with van der Waals surface area (Å²) in [5, 5.41) is 0. The molecule has 20 heavy (non-hydrogen) atoms. The molecule has 0 aliphatic rings. The first-order valence-electron chi connectivity index (χ1n) is 6.22. The number of aryl methyl sites for hydroxylation is 1. The number of hydrogen-bond donors (Lipinski definition) is 2. The molecule has 0 amide bonds. The molecule has 1 heterocycles. The fourth-order valence-corrected chi connectivity index (χ4v) is 3.11. The fraction of sp³-hybridized carbons (Fsp3) is 0.214. The van der Waals surface area contributed by atoms with Crippen LogP contribution in [0, 0.1) is 6.92 Å². The summed E-state index contributed by atoms with van der Waals surface area (Å²) in [6.07, 6.45) is 1.63. The second-order valence-electron chi connectivity index (χ2n) is 4.45. The Balaban J connectivity index is 2.18. The van der Waals surface area contributed by atoms with Crippen molar-refractivity contribution in [3.8, 4) is 0 Å². The highest BCUT2D eigenvalue weighted by atomic mass is 32.2. The molecule has 0 saturated heterocycles. The molecule has 0 unspecified atom stereocenters. The van der Waals surface area contributed by atoms with Gasteiger partial charge in [-0.1, -0.05) is 18.2 Å². The average molecular weight is 291 g/mol. The summed E-state index contributed by atoms with van der Waals surface area (Å²) >= 11 is 0. The quantitative estimate of drug-likeness (QED) is 0.870. The normalized spacial score (nSPS) is 11.5. The molecule has 3 N–H and O–H groups in total. The van der Waals surface area contributed by atoms with E-state index in [0.29, 0.717) is 17.8 Å². The molecular formula is C14H17N3O2S. The lowest BCUT2D eigenvalue weighted by atomic mass is 10.1. The van der Waals surface area contributed by atoms with Crippen molar-refractivity contribution in [1.29, 1.82) is 0 Å². The summed E-state index contributed by atoms with van der Waals surface area (Å²) in [4.78, 5) is 4.35. The van der Waals surface area contributed by atoms with Crippen LogP contribution in [0.15, 0.2) is 47.5 Å². The van der Waals surface area contributed by atoms with Gasteiger partial charge in [-0.2, -0.15) is 0 Å². The molecule has 0 atom stereocenters. The maximum absolute atomic E-state index is 12.3. The number of nitrogens with two attached hydrogens (primary N) is 1. The van der Waals surface area contributed by atoms with E-state index in [2.05, 4.69) is 9.71 Å². The summed E-state index contributed by atoms with van der Waals surface area (Å²) in [7, 11) is -3.54. The van der Waals surface area contributed by atoms with Crippen LogP contribution in [0.2, 0.25) is 0 Å². The molecule has 0 radical (unpaired) electrons. The van der Waals surface area contributed by atoms with Gasteiger partial charge in [0.25, 0.3) is 0 Å². The molecule has 0 spiro atoms. The Morgan fingerprint density at radius 3 is 2.65 bits per heavy atom. The molecule has 5 nitrogen and oxygen atoms in total. The lowest BCUT2D eigenvalue weighted by Gasteiger charge is -2.10. The maximum atomic E-state index is 12.3. The molecule has 6 heteroatoms. The van der Waals surface area contributed by atoms with Crippen molar-refractivity contribution in [1.82, 2.24) is 9.71 Å². The molecule has 0 bridgehead atoms. The minimum absolute atomic E-state index is 0.168. The third-order valence-corrected chi connectivity index (χ3v) is 4.50. The highest BCUT2D eigenvalue weighted by Gasteiger charge is 2.16. The lowest BCUT2D eigenvalue weighted by Crippen LogP contribution is -2.24. The molecule has 2 rings (SSSR count). The van der Waals surface area contributed by atoms with E-state index >= 15 is 0 Å². The topological polar surface area (TPSA) is 85.1 Å². The second-order valence-corrected chi connectivity index (χ2v) is 6.18. The van der Waals surface area contributed by atoms with Gasteiger partial charge in [0.1, 0.15) is 0 Å². The summed E-state index contributed by atoms with van der Waals surface area (Å²) in [5.74, 6) is 0. The van der Waals surface area contributed by atoms with E-state index in [9.17, 15) is 8.42 Å². The van der Waals surface area contributed by atoms with Crippen molar-refractivity contribution in [2.24, 2.45) is 5.73 Å². The number of hydrogen-bond acceptors (Lipinski definition) is 4. The van der Waals surface area contributed by atoms with Gasteiger partial charge < -0.3 is 5.73 Å². The fourth-order valence-electron chi connectivity index (χ4n) is 1.89. The van der Waals surface area contributed by atoms with E-state index in [1.165, 1.54) is 0 Å². The smallest absolute Gasteiger partial charge is 0.241 e. The van der Waals surface area contributed by atoms with Crippen LogP contribution < -0.4 is 10.5 Å². The Labute approximate surface area is 118 Å². The van der Waals surface area contributed by atoms with Gasteiger partial charge in [-0.05, 0) is 36.2 Å². The number of aromatic nitrogens is 1. The number of benzene rings is 1. The first-order chi connectivity index (χ1) is 9.53. The number of nitrogens with zero attached hydrogens (tertiary/aromatic N) is 1. The van der Waals surface area contributed by atoms with Crippen LogP contribution in [0.25, 0.3) is 0 Å². The van der Waals surface area contributed by atoms with Crippen LogP contribution in [0.1, 0.15) is 16.8 Å². The SMILES string of the molecule is Cc1cc(CN)ccc1S(=O)(=O)NCc1ccccn1. The van der Waals surface area contributed by atoms with Gasteiger partial charge in [0.15, 0.2) is 0 Å². The second kappa shape index (κ2) is 6.13. The largest absolute Gasteiger partial charge is 0.326 e. The van der Waals surface area contributed by atoms with Crippen LogP contribution in [-0.2, 0) is 23.1 Å². The number of pyridine rings is 1. The van der Waals surface area contributed by atoms with Crippen LogP contribution >= 0.6 is 0 Å².